The van der Waals surface area contributed by atoms with Gasteiger partial charge in [0.1, 0.15) is 11.4 Å². The maximum Gasteiger partial charge on any atom is 0.128 e. The Balaban J connectivity index is 1.79. The van der Waals surface area contributed by atoms with Crippen LogP contribution >= 0.6 is 0 Å². The maximum absolute atomic E-state index is 6.07. The highest BCUT2D eigenvalue weighted by atomic mass is 16.5. The molecule has 2 nitrogen and oxygen atoms in total. The van der Waals surface area contributed by atoms with Crippen molar-refractivity contribution in [3.05, 3.63) is 59.7 Å². The Bertz CT molecular complexity index is 575. The van der Waals surface area contributed by atoms with Gasteiger partial charge in [0.25, 0.3) is 0 Å². The van der Waals surface area contributed by atoms with Crippen molar-refractivity contribution in [2.45, 2.75) is 32.4 Å². The third kappa shape index (κ3) is 2.58. The average molecular weight is 253 g/mol. The number of hydrogen-bond acceptors (Lipinski definition) is 2. The lowest BCUT2D eigenvalue weighted by molar-refractivity contribution is 0.137. The summed E-state index contributed by atoms with van der Waals surface area (Å²) in [6.07, 6.45) is 0.988. The molecular weight excluding hydrogens is 234 g/mol. The molecule has 0 unspecified atom stereocenters. The van der Waals surface area contributed by atoms with Crippen LogP contribution in [0.3, 0.4) is 0 Å². The molecule has 0 saturated heterocycles. The van der Waals surface area contributed by atoms with Gasteiger partial charge in [0, 0.05) is 24.2 Å². The summed E-state index contributed by atoms with van der Waals surface area (Å²) in [6, 6.07) is 16.7. The SMILES string of the molecule is CC1(C)Cc2cccc(CNc3ccccc3)c2O1. The molecule has 19 heavy (non-hydrogen) atoms. The zero-order valence-corrected chi connectivity index (χ0v) is 11.4. The topological polar surface area (TPSA) is 21.3 Å². The van der Waals surface area contributed by atoms with Gasteiger partial charge in [-0.15, -0.1) is 0 Å². The van der Waals surface area contributed by atoms with Crippen LogP contribution < -0.4 is 10.1 Å². The number of benzene rings is 2. The van der Waals surface area contributed by atoms with Crippen molar-refractivity contribution in [2.75, 3.05) is 5.32 Å². The first-order valence-electron chi connectivity index (χ1n) is 6.73. The number of ether oxygens (including phenoxy) is 1. The first-order valence-corrected chi connectivity index (χ1v) is 6.73. The van der Waals surface area contributed by atoms with E-state index in [2.05, 4.69) is 49.5 Å². The van der Waals surface area contributed by atoms with Gasteiger partial charge < -0.3 is 10.1 Å². The van der Waals surface area contributed by atoms with Crippen molar-refractivity contribution in [1.82, 2.24) is 0 Å². The normalized spacial score (nSPS) is 15.7. The predicted octanol–water partition coefficient (Wildman–Crippen LogP) is 4.01. The number of hydrogen-bond donors (Lipinski definition) is 1. The van der Waals surface area contributed by atoms with E-state index in [1.165, 1.54) is 11.1 Å². The third-order valence-electron chi connectivity index (χ3n) is 3.43. The van der Waals surface area contributed by atoms with Gasteiger partial charge in [-0.25, -0.2) is 0 Å². The fourth-order valence-electron chi connectivity index (χ4n) is 2.57. The quantitative estimate of drug-likeness (QED) is 0.892. The third-order valence-corrected chi connectivity index (χ3v) is 3.43. The molecule has 1 N–H and O–H groups in total. The Labute approximate surface area is 114 Å². The highest BCUT2D eigenvalue weighted by Gasteiger charge is 2.31. The molecule has 98 valence electrons. The van der Waals surface area contributed by atoms with Crippen LogP contribution in [0, 0.1) is 0 Å². The maximum atomic E-state index is 6.07. The van der Waals surface area contributed by atoms with E-state index in [0.29, 0.717) is 0 Å². The summed E-state index contributed by atoms with van der Waals surface area (Å²) in [5, 5.41) is 3.44. The van der Waals surface area contributed by atoms with Crippen molar-refractivity contribution >= 4 is 5.69 Å². The van der Waals surface area contributed by atoms with E-state index >= 15 is 0 Å². The molecule has 0 saturated carbocycles. The number of para-hydroxylation sites is 2. The minimum atomic E-state index is -0.0782. The van der Waals surface area contributed by atoms with E-state index in [1.807, 2.05) is 18.2 Å². The molecule has 0 spiro atoms. The molecule has 0 amide bonds. The van der Waals surface area contributed by atoms with Crippen LogP contribution in [0.5, 0.6) is 5.75 Å². The summed E-state index contributed by atoms with van der Waals surface area (Å²) < 4.78 is 6.07. The van der Waals surface area contributed by atoms with Gasteiger partial charge in [0.2, 0.25) is 0 Å². The van der Waals surface area contributed by atoms with Crippen LogP contribution in [0.25, 0.3) is 0 Å². The van der Waals surface area contributed by atoms with Gasteiger partial charge >= 0.3 is 0 Å². The monoisotopic (exact) mass is 253 g/mol. The summed E-state index contributed by atoms with van der Waals surface area (Å²) >= 11 is 0. The number of rotatable bonds is 3. The van der Waals surface area contributed by atoms with E-state index in [1.54, 1.807) is 0 Å². The number of nitrogens with one attached hydrogen (secondary N) is 1. The lowest BCUT2D eigenvalue weighted by atomic mass is 10.0. The lowest BCUT2D eigenvalue weighted by Crippen LogP contribution is -2.25. The van der Waals surface area contributed by atoms with E-state index in [-0.39, 0.29) is 5.60 Å². The fraction of sp³-hybridized carbons (Fsp3) is 0.294. The smallest absolute Gasteiger partial charge is 0.128 e. The van der Waals surface area contributed by atoms with Crippen LogP contribution in [0.15, 0.2) is 48.5 Å². The standard InChI is InChI=1S/C17H19NO/c1-17(2)11-13-7-6-8-14(16(13)19-17)12-18-15-9-4-3-5-10-15/h3-10,18H,11-12H2,1-2H3. The summed E-state index contributed by atoms with van der Waals surface area (Å²) in [7, 11) is 0. The molecule has 0 atom stereocenters. The molecular formula is C17H19NO. The second-order valence-electron chi connectivity index (χ2n) is 5.66. The molecule has 3 rings (SSSR count). The zero-order valence-electron chi connectivity index (χ0n) is 11.4. The van der Waals surface area contributed by atoms with E-state index in [0.717, 1.165) is 24.4 Å². The molecule has 0 aliphatic carbocycles. The van der Waals surface area contributed by atoms with Crippen molar-refractivity contribution in [3.63, 3.8) is 0 Å². The van der Waals surface area contributed by atoms with Gasteiger partial charge in [-0.3, -0.25) is 0 Å². The Morgan fingerprint density at radius 1 is 1.05 bits per heavy atom. The molecule has 0 radical (unpaired) electrons. The molecule has 2 aromatic carbocycles. The summed E-state index contributed by atoms with van der Waals surface area (Å²) in [4.78, 5) is 0. The van der Waals surface area contributed by atoms with Gasteiger partial charge in [-0.05, 0) is 31.5 Å². The van der Waals surface area contributed by atoms with E-state index in [4.69, 9.17) is 4.74 Å². The Kier molecular flexibility index (Phi) is 2.94. The van der Waals surface area contributed by atoms with E-state index in [9.17, 15) is 0 Å². The molecule has 0 bridgehead atoms. The Morgan fingerprint density at radius 2 is 1.84 bits per heavy atom. The van der Waals surface area contributed by atoms with E-state index < -0.39 is 0 Å². The Morgan fingerprint density at radius 3 is 2.63 bits per heavy atom. The predicted molar refractivity (Wildman–Crippen MR) is 78.6 cm³/mol. The van der Waals surface area contributed by atoms with Crippen LogP contribution in [-0.4, -0.2) is 5.60 Å². The van der Waals surface area contributed by atoms with Crippen molar-refractivity contribution in [1.29, 1.82) is 0 Å². The first-order chi connectivity index (χ1) is 9.14. The van der Waals surface area contributed by atoms with Crippen molar-refractivity contribution < 1.29 is 4.74 Å². The summed E-state index contributed by atoms with van der Waals surface area (Å²) in [5.41, 5.74) is 3.60. The van der Waals surface area contributed by atoms with Crippen LogP contribution in [0.2, 0.25) is 0 Å². The van der Waals surface area contributed by atoms with Gasteiger partial charge in [0.15, 0.2) is 0 Å². The summed E-state index contributed by atoms with van der Waals surface area (Å²) in [6.45, 7) is 5.08. The van der Waals surface area contributed by atoms with Crippen molar-refractivity contribution in [3.8, 4) is 5.75 Å². The minimum absolute atomic E-state index is 0.0782. The van der Waals surface area contributed by atoms with Gasteiger partial charge in [0.05, 0.1) is 0 Å². The molecule has 2 heteroatoms. The van der Waals surface area contributed by atoms with Gasteiger partial charge in [-0.2, -0.15) is 0 Å². The Hall–Kier alpha value is -1.96. The van der Waals surface area contributed by atoms with Crippen molar-refractivity contribution in [2.24, 2.45) is 0 Å². The van der Waals surface area contributed by atoms with Gasteiger partial charge in [-0.1, -0.05) is 36.4 Å². The molecule has 1 aliphatic rings. The van der Waals surface area contributed by atoms with Crippen LogP contribution in [0.1, 0.15) is 25.0 Å². The molecule has 0 fully saturated rings. The van der Waals surface area contributed by atoms with Crippen LogP contribution in [0.4, 0.5) is 5.69 Å². The number of fused-ring (bicyclic) bond motifs is 1. The fourth-order valence-corrected chi connectivity index (χ4v) is 2.57. The molecule has 0 aromatic heterocycles. The second-order valence-corrected chi connectivity index (χ2v) is 5.66. The molecule has 2 aromatic rings. The lowest BCUT2D eigenvalue weighted by Gasteiger charge is -2.18. The molecule has 1 aliphatic heterocycles. The highest BCUT2D eigenvalue weighted by Crippen LogP contribution is 2.37. The first kappa shape index (κ1) is 12.1. The van der Waals surface area contributed by atoms with Crippen LogP contribution in [-0.2, 0) is 13.0 Å². The second kappa shape index (κ2) is 4.61. The largest absolute Gasteiger partial charge is 0.487 e. The highest BCUT2D eigenvalue weighted by molar-refractivity contribution is 5.49. The molecule has 1 heterocycles. The summed E-state index contributed by atoms with van der Waals surface area (Å²) in [5.74, 6) is 1.07. The number of anilines is 1. The minimum Gasteiger partial charge on any atom is -0.487 e. The average Bonchev–Trinajstić information content (AvgIpc) is 2.72. The zero-order chi connectivity index (χ0) is 13.3.